The monoisotopic (exact) mass is 631 g/mol. The number of Topliss-reactive ketones (excluding diaryl/α,β-unsaturated/α-hetero) is 3. The fraction of sp³-hybridized carbons (Fsp3) is 0.875. The van der Waals surface area contributed by atoms with E-state index < -0.39 is 28.1 Å². The smallest absolute Gasteiger partial charge is 0.317 e. The summed E-state index contributed by atoms with van der Waals surface area (Å²) >= 11 is 0. The highest BCUT2D eigenvalue weighted by Crippen LogP contribution is 2.30. The molecule has 2 atom stereocenters. The molecule has 0 bridgehead atoms. The van der Waals surface area contributed by atoms with Gasteiger partial charge in [-0.05, 0) is 60.9 Å². The van der Waals surface area contributed by atoms with E-state index in [0.717, 1.165) is 0 Å². The number of carbonyl (C=O) groups is 4. The van der Waals surface area contributed by atoms with Crippen molar-refractivity contribution < 1.29 is 43.2 Å². The summed E-state index contributed by atoms with van der Waals surface area (Å²) < 4.78 is 22.8. The van der Waals surface area contributed by atoms with Gasteiger partial charge in [0, 0.05) is 18.5 Å². The van der Waals surface area contributed by atoms with E-state index in [1.807, 2.05) is 48.5 Å². The fourth-order valence-electron chi connectivity index (χ4n) is 4.61. The Bertz CT molecular complexity index is 896. The first-order valence-electron chi connectivity index (χ1n) is 15.7. The lowest BCUT2D eigenvalue weighted by Crippen LogP contribution is -2.53. The number of carbonyl (C=O) groups excluding carboxylic acids is 3. The molecular weight excluding hydrogens is 570 g/mol. The summed E-state index contributed by atoms with van der Waals surface area (Å²) in [6.07, 6.45) is 1.78. The largest absolute Gasteiger partial charge is 0.480 e. The van der Waals surface area contributed by atoms with Gasteiger partial charge in [0.25, 0.3) is 0 Å². The number of ketones is 3. The van der Waals surface area contributed by atoms with Crippen LogP contribution >= 0.6 is 0 Å². The van der Waals surface area contributed by atoms with Crippen molar-refractivity contribution in [2.45, 2.75) is 98.3 Å². The predicted octanol–water partition coefficient (Wildman–Crippen LogP) is 2.51. The molecule has 44 heavy (non-hydrogen) atoms. The molecule has 0 aliphatic carbocycles. The van der Waals surface area contributed by atoms with Crippen molar-refractivity contribution in [2.24, 2.45) is 5.41 Å². The summed E-state index contributed by atoms with van der Waals surface area (Å²) in [7, 11) is 1.60. The third-order valence-corrected chi connectivity index (χ3v) is 8.13. The van der Waals surface area contributed by atoms with Gasteiger partial charge >= 0.3 is 5.97 Å². The molecule has 3 N–H and O–H groups in total. The van der Waals surface area contributed by atoms with Gasteiger partial charge in [-0.25, -0.2) is 0 Å². The lowest BCUT2D eigenvalue weighted by molar-refractivity contribution is -0.138. The van der Waals surface area contributed by atoms with Crippen LogP contribution in [0.15, 0.2) is 0 Å². The second kappa shape index (κ2) is 20.3. The zero-order valence-electron chi connectivity index (χ0n) is 29.1. The minimum atomic E-state index is -0.977. The second-order valence-electron chi connectivity index (χ2n) is 13.1. The van der Waals surface area contributed by atoms with Crippen LogP contribution in [0.2, 0.25) is 0 Å². The van der Waals surface area contributed by atoms with Crippen LogP contribution in [0.3, 0.4) is 0 Å². The highest BCUT2D eigenvalue weighted by Gasteiger charge is 2.33. The minimum Gasteiger partial charge on any atom is -0.480 e. The minimum absolute atomic E-state index is 0.0361. The van der Waals surface area contributed by atoms with Crippen molar-refractivity contribution in [1.82, 2.24) is 15.5 Å². The van der Waals surface area contributed by atoms with Gasteiger partial charge in [-0.3, -0.25) is 24.1 Å². The first-order chi connectivity index (χ1) is 20.3. The zero-order valence-corrected chi connectivity index (χ0v) is 29.1. The Morgan fingerprint density at radius 3 is 1.66 bits per heavy atom. The molecule has 12 heteroatoms. The molecule has 0 aromatic rings. The summed E-state index contributed by atoms with van der Waals surface area (Å²) in [5, 5.41) is 15.4. The Hall–Kier alpha value is -1.80. The number of carboxylic acid groups (broad SMARTS) is 1. The van der Waals surface area contributed by atoms with E-state index in [-0.39, 0.29) is 43.7 Å². The molecule has 12 nitrogen and oxygen atoms in total. The van der Waals surface area contributed by atoms with Gasteiger partial charge in [0.05, 0.1) is 69.4 Å². The quantitative estimate of drug-likeness (QED) is 0.109. The summed E-state index contributed by atoms with van der Waals surface area (Å²) in [5.41, 5.74) is -2.39. The Kier molecular flexibility index (Phi) is 19.5. The van der Waals surface area contributed by atoms with E-state index in [9.17, 15) is 19.2 Å². The van der Waals surface area contributed by atoms with E-state index in [1.54, 1.807) is 20.9 Å². The Morgan fingerprint density at radius 1 is 0.705 bits per heavy atom. The van der Waals surface area contributed by atoms with Gasteiger partial charge in [-0.15, -0.1) is 0 Å². The normalized spacial score (nSPS) is 15.2. The maximum absolute atomic E-state index is 12.8. The molecule has 0 aromatic carbocycles. The first kappa shape index (κ1) is 42.2. The standard InChI is InChI=1S/C32H61N3O9/c1-11-31(8,26(37)21-35(10)22-28(39)40)33-13-15-41-17-18-43-23-27(38)32(9,12-2)34-14-16-42-19-20-44-30(6,7)24-29(4,5)25(3)36/h33-34H,11-24H2,1-10H3,(H,39,40). The molecule has 0 aliphatic rings. The van der Waals surface area contributed by atoms with Crippen LogP contribution in [0.5, 0.6) is 0 Å². The molecule has 0 amide bonds. The van der Waals surface area contributed by atoms with E-state index in [1.165, 1.54) is 4.90 Å². The van der Waals surface area contributed by atoms with Crippen LogP contribution in [0, 0.1) is 5.41 Å². The summed E-state index contributed by atoms with van der Waals surface area (Å²) in [5.74, 6) is -0.968. The number of nitrogens with zero attached hydrogens (tertiary/aromatic N) is 1. The Balaban J connectivity index is 4.21. The number of ether oxygens (including phenoxy) is 4. The number of likely N-dealkylation sites (N-methyl/N-ethyl adjacent to an activating group) is 1. The maximum Gasteiger partial charge on any atom is 0.317 e. The van der Waals surface area contributed by atoms with Gasteiger partial charge < -0.3 is 34.7 Å². The van der Waals surface area contributed by atoms with E-state index >= 15 is 0 Å². The molecule has 258 valence electrons. The highest BCUT2D eigenvalue weighted by molar-refractivity contribution is 5.90. The Morgan fingerprint density at radius 2 is 1.18 bits per heavy atom. The molecule has 0 spiro atoms. The maximum atomic E-state index is 12.8. The van der Waals surface area contributed by atoms with Crippen LogP contribution in [0.1, 0.15) is 81.6 Å². The molecule has 0 saturated heterocycles. The van der Waals surface area contributed by atoms with Gasteiger partial charge in [-0.2, -0.15) is 0 Å². The molecule has 0 radical (unpaired) electrons. The molecule has 0 aromatic heterocycles. The summed E-state index contributed by atoms with van der Waals surface area (Å²) in [4.78, 5) is 49.6. The van der Waals surface area contributed by atoms with Crippen molar-refractivity contribution in [2.75, 3.05) is 79.5 Å². The topological polar surface area (TPSA) is 153 Å². The van der Waals surface area contributed by atoms with Crippen molar-refractivity contribution in [3.05, 3.63) is 0 Å². The van der Waals surface area contributed by atoms with Crippen LogP contribution in [0.4, 0.5) is 0 Å². The van der Waals surface area contributed by atoms with Crippen molar-refractivity contribution >= 4 is 23.3 Å². The zero-order chi connectivity index (χ0) is 34.0. The molecule has 2 unspecified atom stereocenters. The summed E-state index contributed by atoms with van der Waals surface area (Å²) in [6.45, 7) is 19.9. The third-order valence-electron chi connectivity index (χ3n) is 8.13. The van der Waals surface area contributed by atoms with E-state index in [0.29, 0.717) is 65.4 Å². The van der Waals surface area contributed by atoms with Crippen LogP contribution < -0.4 is 10.6 Å². The lowest BCUT2D eigenvalue weighted by atomic mass is 9.79. The highest BCUT2D eigenvalue weighted by atomic mass is 16.5. The van der Waals surface area contributed by atoms with Crippen molar-refractivity contribution in [1.29, 1.82) is 0 Å². The molecule has 0 heterocycles. The van der Waals surface area contributed by atoms with E-state index in [4.69, 9.17) is 24.1 Å². The number of carboxylic acids is 1. The summed E-state index contributed by atoms with van der Waals surface area (Å²) in [6, 6.07) is 0. The molecule has 0 rings (SSSR count). The molecule has 0 fully saturated rings. The van der Waals surface area contributed by atoms with Gasteiger partial charge in [-0.1, -0.05) is 27.7 Å². The average molecular weight is 632 g/mol. The van der Waals surface area contributed by atoms with Gasteiger partial charge in [0.15, 0.2) is 11.6 Å². The molecule has 0 aliphatic heterocycles. The number of hydrogen-bond acceptors (Lipinski definition) is 11. The van der Waals surface area contributed by atoms with Crippen LogP contribution in [-0.4, -0.2) is 129 Å². The third kappa shape index (κ3) is 17.0. The molecule has 0 saturated carbocycles. The fourth-order valence-corrected chi connectivity index (χ4v) is 4.61. The van der Waals surface area contributed by atoms with E-state index in [2.05, 4.69) is 10.6 Å². The van der Waals surface area contributed by atoms with Crippen molar-refractivity contribution in [3.8, 4) is 0 Å². The van der Waals surface area contributed by atoms with Gasteiger partial charge in [0.2, 0.25) is 0 Å². The number of rotatable bonds is 28. The predicted molar refractivity (Wildman–Crippen MR) is 170 cm³/mol. The van der Waals surface area contributed by atoms with Crippen LogP contribution in [0.25, 0.3) is 0 Å². The Labute approximate surface area is 265 Å². The van der Waals surface area contributed by atoms with Gasteiger partial charge in [0.1, 0.15) is 12.4 Å². The first-order valence-corrected chi connectivity index (χ1v) is 15.7. The second-order valence-corrected chi connectivity index (χ2v) is 13.1. The lowest BCUT2D eigenvalue weighted by Gasteiger charge is -2.33. The number of aliphatic carboxylic acids is 1. The van der Waals surface area contributed by atoms with Crippen molar-refractivity contribution in [3.63, 3.8) is 0 Å². The molecular formula is C32H61N3O9. The SMILES string of the molecule is CCC(C)(NCCOCCOC(C)(C)CC(C)(C)C(C)=O)C(=O)COCCOCCNC(C)(CC)C(=O)CN(C)CC(=O)O. The van der Waals surface area contributed by atoms with Crippen LogP contribution in [-0.2, 0) is 38.1 Å². The number of nitrogens with one attached hydrogen (secondary N) is 2. The average Bonchev–Trinajstić information content (AvgIpc) is 2.92. The number of hydrogen-bond donors (Lipinski definition) is 3.